The quantitative estimate of drug-likeness (QED) is 0.791. The van der Waals surface area contributed by atoms with E-state index in [2.05, 4.69) is 23.8 Å². The summed E-state index contributed by atoms with van der Waals surface area (Å²) in [6.07, 6.45) is 3.84. The van der Waals surface area contributed by atoms with Crippen molar-refractivity contribution in [3.8, 4) is 0 Å². The summed E-state index contributed by atoms with van der Waals surface area (Å²) in [5.74, 6) is 0.979. The molecular weight excluding hydrogens is 222 g/mol. The number of aromatic nitrogens is 2. The standard InChI is InChI=1S/C12H20ClN3/c1-9(2)16-10(3)11(13)12(14-16)15-7-5-4-6-8-15/h9H,4-8H2,1-3H3. The first-order chi connectivity index (χ1) is 7.61. The van der Waals surface area contributed by atoms with Crippen molar-refractivity contribution in [1.82, 2.24) is 9.78 Å². The van der Waals surface area contributed by atoms with Gasteiger partial charge in [0.25, 0.3) is 0 Å². The molecule has 0 amide bonds. The molecule has 0 N–H and O–H groups in total. The van der Waals surface area contributed by atoms with Gasteiger partial charge in [-0.2, -0.15) is 5.10 Å². The van der Waals surface area contributed by atoms with Crippen LogP contribution >= 0.6 is 11.6 Å². The van der Waals surface area contributed by atoms with Crippen molar-refractivity contribution in [2.75, 3.05) is 18.0 Å². The second kappa shape index (κ2) is 4.66. The molecule has 16 heavy (non-hydrogen) atoms. The lowest BCUT2D eigenvalue weighted by atomic mass is 10.1. The summed E-state index contributed by atoms with van der Waals surface area (Å²) in [5.41, 5.74) is 1.08. The molecule has 0 unspecified atom stereocenters. The summed E-state index contributed by atoms with van der Waals surface area (Å²) in [6, 6.07) is 0.371. The molecule has 1 fully saturated rings. The Morgan fingerprint density at radius 1 is 1.19 bits per heavy atom. The van der Waals surface area contributed by atoms with Gasteiger partial charge in [-0.25, -0.2) is 0 Å². The van der Waals surface area contributed by atoms with Gasteiger partial charge in [0.15, 0.2) is 5.82 Å². The third kappa shape index (κ3) is 2.05. The Morgan fingerprint density at radius 2 is 1.81 bits per heavy atom. The van der Waals surface area contributed by atoms with Gasteiger partial charge in [-0.15, -0.1) is 0 Å². The van der Waals surface area contributed by atoms with Gasteiger partial charge in [-0.3, -0.25) is 4.68 Å². The molecule has 0 saturated carbocycles. The second-order valence-corrected chi connectivity index (χ2v) is 5.19. The van der Waals surface area contributed by atoms with Crippen molar-refractivity contribution >= 4 is 17.4 Å². The first-order valence-electron chi connectivity index (χ1n) is 6.11. The zero-order chi connectivity index (χ0) is 11.7. The maximum Gasteiger partial charge on any atom is 0.169 e. The van der Waals surface area contributed by atoms with Gasteiger partial charge in [0, 0.05) is 19.1 Å². The number of rotatable bonds is 2. The highest BCUT2D eigenvalue weighted by Gasteiger charge is 2.21. The van der Waals surface area contributed by atoms with Crippen LogP contribution in [0.15, 0.2) is 0 Å². The fraction of sp³-hybridized carbons (Fsp3) is 0.750. The van der Waals surface area contributed by atoms with Crippen LogP contribution in [-0.2, 0) is 0 Å². The van der Waals surface area contributed by atoms with Crippen LogP contribution < -0.4 is 4.90 Å². The highest BCUT2D eigenvalue weighted by Crippen LogP contribution is 2.31. The molecule has 0 atom stereocenters. The van der Waals surface area contributed by atoms with Crippen molar-refractivity contribution in [2.45, 2.75) is 46.1 Å². The molecule has 0 bridgehead atoms. The highest BCUT2D eigenvalue weighted by molar-refractivity contribution is 6.33. The van der Waals surface area contributed by atoms with E-state index in [4.69, 9.17) is 11.6 Å². The molecule has 0 aliphatic carbocycles. The lowest BCUT2D eigenvalue weighted by Gasteiger charge is -2.26. The molecule has 90 valence electrons. The van der Waals surface area contributed by atoms with Crippen LogP contribution in [0.3, 0.4) is 0 Å². The lowest BCUT2D eigenvalue weighted by Crippen LogP contribution is -2.30. The van der Waals surface area contributed by atoms with Gasteiger partial charge in [0.05, 0.1) is 5.69 Å². The maximum atomic E-state index is 6.37. The summed E-state index contributed by atoms with van der Waals surface area (Å²) in [5, 5.41) is 5.47. The SMILES string of the molecule is Cc1c(Cl)c(N2CCCCC2)nn1C(C)C. The van der Waals surface area contributed by atoms with E-state index in [-0.39, 0.29) is 0 Å². The molecule has 0 aromatic carbocycles. The Balaban J connectivity index is 2.30. The van der Waals surface area contributed by atoms with Crippen molar-refractivity contribution in [1.29, 1.82) is 0 Å². The van der Waals surface area contributed by atoms with Crippen molar-refractivity contribution < 1.29 is 0 Å². The minimum absolute atomic E-state index is 0.371. The van der Waals surface area contributed by atoms with E-state index >= 15 is 0 Å². The van der Waals surface area contributed by atoms with E-state index in [1.54, 1.807) is 0 Å². The summed E-state index contributed by atoms with van der Waals surface area (Å²) >= 11 is 6.37. The number of hydrogen-bond acceptors (Lipinski definition) is 2. The molecule has 0 radical (unpaired) electrons. The third-order valence-corrected chi connectivity index (χ3v) is 3.65. The number of halogens is 1. The molecule has 1 aliphatic heterocycles. The fourth-order valence-electron chi connectivity index (χ4n) is 2.29. The lowest BCUT2D eigenvalue weighted by molar-refractivity contribution is 0.511. The highest BCUT2D eigenvalue weighted by atomic mass is 35.5. The molecule has 3 nitrogen and oxygen atoms in total. The summed E-state index contributed by atoms with van der Waals surface area (Å²) in [4.78, 5) is 2.32. The summed E-state index contributed by atoms with van der Waals surface area (Å²) in [6.45, 7) is 8.50. The van der Waals surface area contributed by atoms with Crippen molar-refractivity contribution in [3.63, 3.8) is 0 Å². The van der Waals surface area contributed by atoms with Crippen LogP contribution in [0, 0.1) is 6.92 Å². The minimum atomic E-state index is 0.371. The molecule has 2 rings (SSSR count). The van der Waals surface area contributed by atoms with E-state index in [9.17, 15) is 0 Å². The molecule has 4 heteroatoms. The maximum absolute atomic E-state index is 6.37. The van der Waals surface area contributed by atoms with E-state index in [1.165, 1.54) is 19.3 Å². The minimum Gasteiger partial charge on any atom is -0.354 e. The first kappa shape index (κ1) is 11.8. The molecule has 2 heterocycles. The molecule has 1 aromatic rings. The molecule has 1 saturated heterocycles. The van der Waals surface area contributed by atoms with Crippen LogP contribution in [0.25, 0.3) is 0 Å². The van der Waals surface area contributed by atoms with Gasteiger partial charge in [0.1, 0.15) is 5.02 Å². The fourth-order valence-corrected chi connectivity index (χ4v) is 2.54. The Morgan fingerprint density at radius 3 is 2.31 bits per heavy atom. The van der Waals surface area contributed by atoms with Crippen LogP contribution in [0.4, 0.5) is 5.82 Å². The molecule has 1 aliphatic rings. The van der Waals surface area contributed by atoms with Gasteiger partial charge in [0.2, 0.25) is 0 Å². The van der Waals surface area contributed by atoms with E-state index in [0.717, 1.165) is 29.6 Å². The predicted molar refractivity (Wildman–Crippen MR) is 68.4 cm³/mol. The monoisotopic (exact) mass is 241 g/mol. The average Bonchev–Trinajstić information content (AvgIpc) is 2.58. The van der Waals surface area contributed by atoms with E-state index < -0.39 is 0 Å². The number of anilines is 1. The van der Waals surface area contributed by atoms with Crippen LogP contribution in [0.5, 0.6) is 0 Å². The van der Waals surface area contributed by atoms with Crippen molar-refractivity contribution in [3.05, 3.63) is 10.7 Å². The zero-order valence-corrected chi connectivity index (χ0v) is 11.1. The first-order valence-corrected chi connectivity index (χ1v) is 6.48. The average molecular weight is 242 g/mol. The molecule has 1 aromatic heterocycles. The van der Waals surface area contributed by atoms with E-state index in [1.807, 2.05) is 11.6 Å². The number of piperidine rings is 1. The molecule has 0 spiro atoms. The zero-order valence-electron chi connectivity index (χ0n) is 10.3. The van der Waals surface area contributed by atoms with Crippen LogP contribution in [-0.4, -0.2) is 22.9 Å². The smallest absolute Gasteiger partial charge is 0.169 e. The van der Waals surface area contributed by atoms with Crippen LogP contribution in [0.1, 0.15) is 44.8 Å². The third-order valence-electron chi connectivity index (χ3n) is 3.20. The topological polar surface area (TPSA) is 21.1 Å². The van der Waals surface area contributed by atoms with Gasteiger partial charge in [-0.05, 0) is 40.0 Å². The van der Waals surface area contributed by atoms with Crippen LogP contribution in [0.2, 0.25) is 5.02 Å². The van der Waals surface area contributed by atoms with Gasteiger partial charge >= 0.3 is 0 Å². The Bertz CT molecular complexity index is 365. The Hall–Kier alpha value is -0.700. The second-order valence-electron chi connectivity index (χ2n) is 4.81. The number of hydrogen-bond donors (Lipinski definition) is 0. The van der Waals surface area contributed by atoms with Gasteiger partial charge < -0.3 is 4.90 Å². The van der Waals surface area contributed by atoms with E-state index in [0.29, 0.717) is 6.04 Å². The summed E-state index contributed by atoms with van der Waals surface area (Å²) in [7, 11) is 0. The largest absolute Gasteiger partial charge is 0.354 e. The Labute approximate surface area is 102 Å². The number of nitrogens with zero attached hydrogens (tertiary/aromatic N) is 3. The molecular formula is C12H20ClN3. The predicted octanol–water partition coefficient (Wildman–Crippen LogP) is 3.42. The van der Waals surface area contributed by atoms with Crippen molar-refractivity contribution in [2.24, 2.45) is 0 Å². The summed E-state index contributed by atoms with van der Waals surface area (Å²) < 4.78 is 2.02. The Kier molecular flexibility index (Phi) is 3.43. The normalized spacial score (nSPS) is 17.2. The van der Waals surface area contributed by atoms with Gasteiger partial charge in [-0.1, -0.05) is 11.6 Å².